The first kappa shape index (κ1) is 15.4. The topological polar surface area (TPSA) is 113 Å². The summed E-state index contributed by atoms with van der Waals surface area (Å²) in [5, 5.41) is 21.3. The number of nitrogens with zero attached hydrogens (tertiary/aromatic N) is 2. The average molecular weight is 323 g/mol. The number of esters is 1. The van der Waals surface area contributed by atoms with E-state index in [1.54, 1.807) is 0 Å². The molecule has 0 aliphatic carbocycles. The molecule has 0 aliphatic heterocycles. The first-order chi connectivity index (χ1) is 10.4. The van der Waals surface area contributed by atoms with Crippen molar-refractivity contribution in [2.24, 2.45) is 0 Å². The zero-order valence-corrected chi connectivity index (χ0v) is 11.5. The minimum atomic E-state index is -0.889. The summed E-state index contributed by atoms with van der Waals surface area (Å²) >= 11 is 5.64. The zero-order valence-electron chi connectivity index (χ0n) is 10.8. The maximum absolute atomic E-state index is 11.9. The van der Waals surface area contributed by atoms with Crippen LogP contribution in [0.3, 0.4) is 0 Å². The van der Waals surface area contributed by atoms with Gasteiger partial charge in [0.25, 0.3) is 11.4 Å². The first-order valence-electron chi connectivity index (χ1n) is 5.79. The number of nitro groups is 2. The van der Waals surface area contributed by atoms with Crippen LogP contribution >= 0.6 is 11.6 Å². The Hall–Kier alpha value is -3.00. The van der Waals surface area contributed by atoms with Gasteiger partial charge in [-0.25, -0.2) is 4.79 Å². The summed E-state index contributed by atoms with van der Waals surface area (Å²) in [5.74, 6) is -0.933. The Labute approximate surface area is 128 Å². The lowest BCUT2D eigenvalue weighted by molar-refractivity contribution is -0.385. The number of ether oxygens (including phenoxy) is 1. The van der Waals surface area contributed by atoms with Crippen molar-refractivity contribution in [1.82, 2.24) is 0 Å². The second kappa shape index (κ2) is 6.19. The van der Waals surface area contributed by atoms with E-state index in [9.17, 15) is 25.0 Å². The van der Waals surface area contributed by atoms with E-state index in [1.807, 2.05) is 0 Å². The van der Waals surface area contributed by atoms with Crippen molar-refractivity contribution in [3.05, 3.63) is 73.3 Å². The summed E-state index contributed by atoms with van der Waals surface area (Å²) in [7, 11) is 0. The van der Waals surface area contributed by atoms with Gasteiger partial charge in [0, 0.05) is 12.1 Å². The second-order valence-electron chi connectivity index (χ2n) is 4.07. The fraction of sp³-hybridized carbons (Fsp3) is 0. The van der Waals surface area contributed by atoms with Crippen LogP contribution in [0.25, 0.3) is 0 Å². The van der Waals surface area contributed by atoms with E-state index in [4.69, 9.17) is 16.3 Å². The Morgan fingerprint density at radius 3 is 2.41 bits per heavy atom. The summed E-state index contributed by atoms with van der Waals surface area (Å²) in [5.41, 5.74) is -0.773. The highest BCUT2D eigenvalue weighted by atomic mass is 35.5. The second-order valence-corrected chi connectivity index (χ2v) is 4.47. The van der Waals surface area contributed by atoms with E-state index in [0.29, 0.717) is 0 Å². The molecule has 0 spiro atoms. The monoisotopic (exact) mass is 322 g/mol. The molecule has 2 aromatic rings. The molecule has 0 saturated heterocycles. The molecule has 0 unspecified atom stereocenters. The van der Waals surface area contributed by atoms with Crippen molar-refractivity contribution in [3.63, 3.8) is 0 Å². The van der Waals surface area contributed by atoms with Crippen molar-refractivity contribution < 1.29 is 19.4 Å². The maximum atomic E-state index is 11.9. The van der Waals surface area contributed by atoms with E-state index in [-0.39, 0.29) is 22.0 Å². The molecule has 9 heteroatoms. The highest BCUT2D eigenvalue weighted by Gasteiger charge is 2.18. The van der Waals surface area contributed by atoms with Crippen LogP contribution in [0, 0.1) is 20.2 Å². The summed E-state index contributed by atoms with van der Waals surface area (Å²) in [6.07, 6.45) is 0. The van der Waals surface area contributed by atoms with E-state index < -0.39 is 21.5 Å². The molecular weight excluding hydrogens is 316 g/mol. The fourth-order valence-corrected chi connectivity index (χ4v) is 1.79. The van der Waals surface area contributed by atoms with Gasteiger partial charge in [0.2, 0.25) is 0 Å². The lowest BCUT2D eigenvalue weighted by Gasteiger charge is -2.04. The number of hydrogen-bond acceptors (Lipinski definition) is 6. The number of nitro benzene ring substituents is 2. The lowest BCUT2D eigenvalue weighted by atomic mass is 10.2. The molecule has 0 N–H and O–H groups in total. The molecule has 2 aromatic carbocycles. The van der Waals surface area contributed by atoms with Crippen LogP contribution in [0.1, 0.15) is 10.4 Å². The molecule has 0 aliphatic rings. The van der Waals surface area contributed by atoms with Crippen LogP contribution in [0.5, 0.6) is 5.75 Å². The van der Waals surface area contributed by atoms with Crippen molar-refractivity contribution in [2.45, 2.75) is 0 Å². The van der Waals surface area contributed by atoms with Crippen LogP contribution in [0.15, 0.2) is 42.5 Å². The van der Waals surface area contributed by atoms with Gasteiger partial charge in [0.15, 0.2) is 0 Å². The predicted molar refractivity (Wildman–Crippen MR) is 76.2 cm³/mol. The van der Waals surface area contributed by atoms with Crippen LogP contribution in [-0.2, 0) is 0 Å². The van der Waals surface area contributed by atoms with Crippen LogP contribution in [0.4, 0.5) is 11.4 Å². The Morgan fingerprint density at radius 2 is 1.77 bits per heavy atom. The molecule has 0 heterocycles. The molecule has 2 rings (SSSR count). The minimum absolute atomic E-state index is 0.0446. The number of halogens is 1. The maximum Gasteiger partial charge on any atom is 0.343 e. The SMILES string of the molecule is O=C(Oc1cccc([N+](=O)[O-])c1)c1ccc(Cl)c([N+](=O)[O-])c1. The molecule has 0 amide bonds. The standard InChI is InChI=1S/C13H7ClN2O6/c14-11-5-4-8(6-12(11)16(20)21)13(17)22-10-3-1-2-9(7-10)15(18)19/h1-7H. The predicted octanol–water partition coefficient (Wildman–Crippen LogP) is 3.38. The third kappa shape index (κ3) is 3.36. The summed E-state index contributed by atoms with van der Waals surface area (Å²) < 4.78 is 4.96. The number of non-ortho nitro benzene ring substituents is 1. The van der Waals surface area contributed by atoms with Crippen LogP contribution in [0.2, 0.25) is 5.02 Å². The lowest BCUT2D eigenvalue weighted by Crippen LogP contribution is -2.09. The van der Waals surface area contributed by atoms with E-state index in [2.05, 4.69) is 0 Å². The van der Waals surface area contributed by atoms with Crippen molar-refractivity contribution >= 4 is 28.9 Å². The largest absolute Gasteiger partial charge is 0.423 e. The summed E-state index contributed by atoms with van der Waals surface area (Å²) in [4.78, 5) is 32.0. The fourth-order valence-electron chi connectivity index (χ4n) is 1.61. The van der Waals surface area contributed by atoms with E-state index >= 15 is 0 Å². The van der Waals surface area contributed by atoms with Crippen molar-refractivity contribution in [2.75, 3.05) is 0 Å². The third-order valence-corrected chi connectivity index (χ3v) is 2.94. The van der Waals surface area contributed by atoms with Gasteiger partial charge in [-0.1, -0.05) is 17.7 Å². The number of hydrogen-bond donors (Lipinski definition) is 0. The number of rotatable bonds is 4. The van der Waals surface area contributed by atoms with E-state index in [0.717, 1.165) is 12.1 Å². The molecule has 22 heavy (non-hydrogen) atoms. The molecule has 0 bridgehead atoms. The Morgan fingerprint density at radius 1 is 1.05 bits per heavy atom. The van der Waals surface area contributed by atoms with Gasteiger partial charge in [-0.2, -0.15) is 0 Å². The molecule has 0 saturated carbocycles. The minimum Gasteiger partial charge on any atom is -0.423 e. The normalized spacial score (nSPS) is 10.0. The Kier molecular flexibility index (Phi) is 4.33. The van der Waals surface area contributed by atoms with Crippen LogP contribution < -0.4 is 4.74 Å². The quantitative estimate of drug-likeness (QED) is 0.369. The van der Waals surface area contributed by atoms with Gasteiger partial charge in [0.1, 0.15) is 10.8 Å². The summed E-state index contributed by atoms with van der Waals surface area (Å²) in [6, 6.07) is 8.45. The van der Waals surface area contributed by atoms with Gasteiger partial charge in [-0.05, 0) is 18.2 Å². The Balaban J connectivity index is 2.26. The van der Waals surface area contributed by atoms with Gasteiger partial charge in [-0.15, -0.1) is 0 Å². The smallest absolute Gasteiger partial charge is 0.343 e. The average Bonchev–Trinajstić information content (AvgIpc) is 2.47. The zero-order chi connectivity index (χ0) is 16.3. The summed E-state index contributed by atoms with van der Waals surface area (Å²) in [6.45, 7) is 0. The van der Waals surface area contributed by atoms with Gasteiger partial charge in [-0.3, -0.25) is 20.2 Å². The molecule has 0 radical (unpaired) electrons. The van der Waals surface area contributed by atoms with E-state index in [1.165, 1.54) is 30.3 Å². The third-order valence-electron chi connectivity index (χ3n) is 2.62. The Bertz CT molecular complexity index is 777. The highest BCUT2D eigenvalue weighted by molar-refractivity contribution is 6.32. The molecule has 112 valence electrons. The van der Waals surface area contributed by atoms with Gasteiger partial charge >= 0.3 is 5.97 Å². The van der Waals surface area contributed by atoms with Crippen LogP contribution in [-0.4, -0.2) is 15.8 Å². The van der Waals surface area contributed by atoms with Crippen molar-refractivity contribution in [3.8, 4) is 5.75 Å². The van der Waals surface area contributed by atoms with Gasteiger partial charge in [0.05, 0.1) is 21.5 Å². The van der Waals surface area contributed by atoms with Crippen molar-refractivity contribution in [1.29, 1.82) is 0 Å². The molecule has 0 atom stereocenters. The number of carbonyl (C=O) groups excluding carboxylic acids is 1. The highest BCUT2D eigenvalue weighted by Crippen LogP contribution is 2.26. The molecule has 8 nitrogen and oxygen atoms in total. The molecule has 0 fully saturated rings. The first-order valence-corrected chi connectivity index (χ1v) is 6.17. The molecular formula is C13H7ClN2O6. The molecule has 0 aromatic heterocycles. The van der Waals surface area contributed by atoms with Gasteiger partial charge < -0.3 is 4.74 Å². The number of carbonyl (C=O) groups is 1. The number of benzene rings is 2.